The fourth-order valence-electron chi connectivity index (χ4n) is 2.73. The molecule has 0 fully saturated rings. The summed E-state index contributed by atoms with van der Waals surface area (Å²) in [5.74, 6) is 3.13. The number of benzene rings is 1. The van der Waals surface area contributed by atoms with E-state index in [1.165, 1.54) is 0 Å². The number of rotatable bonds is 11. The standard InChI is InChI=1S/C22H32N4O4/c1-6-10-30-20-9-8-16(13-24-20)14-25-22(23-7-2)26-15-17-11-18(27-3)21(29-5)19(12-17)28-4/h8-9,11-13H,6-7,10,14-15H2,1-5H3,(H2,23,25,26). The molecule has 164 valence electrons. The van der Waals surface area contributed by atoms with Crippen LogP contribution in [-0.2, 0) is 13.1 Å². The van der Waals surface area contributed by atoms with Gasteiger partial charge in [-0.05, 0) is 36.6 Å². The summed E-state index contributed by atoms with van der Waals surface area (Å²) >= 11 is 0. The van der Waals surface area contributed by atoms with Gasteiger partial charge in [0, 0.05) is 25.4 Å². The Morgan fingerprint density at radius 2 is 1.70 bits per heavy atom. The van der Waals surface area contributed by atoms with Crippen molar-refractivity contribution in [3.05, 3.63) is 41.6 Å². The SMILES string of the molecule is CCCOc1ccc(CNC(=NCc2cc(OC)c(OC)c(OC)c2)NCC)cn1. The highest BCUT2D eigenvalue weighted by Crippen LogP contribution is 2.38. The number of aliphatic imine (C=N–C) groups is 1. The number of ether oxygens (including phenoxy) is 4. The third-order valence-corrected chi connectivity index (χ3v) is 4.20. The van der Waals surface area contributed by atoms with E-state index in [0.29, 0.717) is 48.8 Å². The maximum atomic E-state index is 5.52. The molecule has 0 spiro atoms. The van der Waals surface area contributed by atoms with Gasteiger partial charge >= 0.3 is 0 Å². The van der Waals surface area contributed by atoms with Crippen LogP contribution in [0, 0.1) is 0 Å². The van der Waals surface area contributed by atoms with E-state index in [1.807, 2.05) is 31.2 Å². The first-order chi connectivity index (χ1) is 14.6. The van der Waals surface area contributed by atoms with Gasteiger partial charge in [0.25, 0.3) is 0 Å². The molecule has 0 bridgehead atoms. The Kier molecular flexibility index (Phi) is 9.57. The third kappa shape index (κ3) is 6.72. The zero-order valence-electron chi connectivity index (χ0n) is 18.4. The molecule has 8 heteroatoms. The maximum Gasteiger partial charge on any atom is 0.213 e. The first-order valence-corrected chi connectivity index (χ1v) is 10.0. The quantitative estimate of drug-likeness (QED) is 0.430. The minimum absolute atomic E-state index is 0.452. The number of nitrogens with one attached hydrogen (secondary N) is 2. The van der Waals surface area contributed by atoms with Crippen molar-refractivity contribution in [3.63, 3.8) is 0 Å². The molecule has 0 saturated carbocycles. The number of nitrogens with zero attached hydrogens (tertiary/aromatic N) is 2. The number of hydrogen-bond acceptors (Lipinski definition) is 6. The number of guanidine groups is 1. The lowest BCUT2D eigenvalue weighted by Crippen LogP contribution is -2.36. The smallest absolute Gasteiger partial charge is 0.213 e. The Bertz CT molecular complexity index is 784. The van der Waals surface area contributed by atoms with Crippen LogP contribution in [0.1, 0.15) is 31.4 Å². The van der Waals surface area contributed by atoms with Gasteiger partial charge < -0.3 is 29.6 Å². The van der Waals surface area contributed by atoms with E-state index in [0.717, 1.165) is 24.1 Å². The van der Waals surface area contributed by atoms with Crippen LogP contribution in [-0.4, -0.2) is 45.4 Å². The normalized spacial score (nSPS) is 11.0. The molecule has 0 aliphatic rings. The van der Waals surface area contributed by atoms with Gasteiger partial charge in [0.05, 0.1) is 34.5 Å². The second-order valence-electron chi connectivity index (χ2n) is 6.44. The molecule has 1 heterocycles. The minimum atomic E-state index is 0.452. The van der Waals surface area contributed by atoms with Gasteiger partial charge in [-0.15, -0.1) is 0 Å². The number of hydrogen-bond donors (Lipinski definition) is 2. The average Bonchev–Trinajstić information content (AvgIpc) is 2.79. The summed E-state index contributed by atoms with van der Waals surface area (Å²) in [4.78, 5) is 8.99. The molecule has 8 nitrogen and oxygen atoms in total. The van der Waals surface area contributed by atoms with Crippen molar-refractivity contribution < 1.29 is 18.9 Å². The van der Waals surface area contributed by atoms with Gasteiger partial charge in [-0.1, -0.05) is 13.0 Å². The molecule has 1 aromatic carbocycles. The predicted molar refractivity (Wildman–Crippen MR) is 118 cm³/mol. The Labute approximate surface area is 178 Å². The number of methoxy groups -OCH3 is 3. The van der Waals surface area contributed by atoms with E-state index in [9.17, 15) is 0 Å². The fraction of sp³-hybridized carbons (Fsp3) is 0.455. The molecule has 0 aliphatic heterocycles. The predicted octanol–water partition coefficient (Wildman–Crippen LogP) is 3.15. The average molecular weight is 417 g/mol. The molecule has 0 saturated heterocycles. The van der Waals surface area contributed by atoms with Crippen LogP contribution >= 0.6 is 0 Å². The molecule has 0 radical (unpaired) electrons. The summed E-state index contributed by atoms with van der Waals surface area (Å²) in [7, 11) is 4.79. The summed E-state index contributed by atoms with van der Waals surface area (Å²) in [5, 5.41) is 6.57. The minimum Gasteiger partial charge on any atom is -0.493 e. The van der Waals surface area contributed by atoms with Crippen LogP contribution in [0.3, 0.4) is 0 Å². The van der Waals surface area contributed by atoms with Crippen molar-refractivity contribution in [2.24, 2.45) is 4.99 Å². The highest BCUT2D eigenvalue weighted by molar-refractivity contribution is 5.79. The molecule has 1 aromatic heterocycles. The maximum absolute atomic E-state index is 5.52. The largest absolute Gasteiger partial charge is 0.493 e. The molecule has 0 amide bonds. The van der Waals surface area contributed by atoms with Crippen molar-refractivity contribution in [1.82, 2.24) is 15.6 Å². The Morgan fingerprint density at radius 1 is 0.967 bits per heavy atom. The number of pyridine rings is 1. The van der Waals surface area contributed by atoms with Gasteiger partial charge in [-0.2, -0.15) is 0 Å². The summed E-state index contributed by atoms with van der Waals surface area (Å²) in [6.45, 7) is 6.57. The van der Waals surface area contributed by atoms with Gasteiger partial charge in [-0.3, -0.25) is 0 Å². The van der Waals surface area contributed by atoms with Crippen molar-refractivity contribution in [2.45, 2.75) is 33.4 Å². The van der Waals surface area contributed by atoms with Crippen molar-refractivity contribution in [2.75, 3.05) is 34.5 Å². The lowest BCUT2D eigenvalue weighted by molar-refractivity contribution is 0.305. The second kappa shape index (κ2) is 12.4. The van der Waals surface area contributed by atoms with E-state index in [2.05, 4.69) is 27.5 Å². The summed E-state index contributed by atoms with van der Waals surface area (Å²) in [6.07, 6.45) is 2.76. The van der Waals surface area contributed by atoms with Crippen molar-refractivity contribution >= 4 is 5.96 Å². The van der Waals surface area contributed by atoms with Crippen molar-refractivity contribution in [3.8, 4) is 23.1 Å². The van der Waals surface area contributed by atoms with Gasteiger partial charge in [0.15, 0.2) is 17.5 Å². The van der Waals surface area contributed by atoms with E-state index < -0.39 is 0 Å². The summed E-state index contributed by atoms with van der Waals surface area (Å²) in [6, 6.07) is 7.67. The Balaban J connectivity index is 2.05. The van der Waals surface area contributed by atoms with Gasteiger partial charge in [0.2, 0.25) is 11.6 Å². The topological polar surface area (TPSA) is 86.2 Å². The molecule has 2 aromatic rings. The van der Waals surface area contributed by atoms with Crippen LogP contribution in [0.15, 0.2) is 35.5 Å². The summed E-state index contributed by atoms with van der Waals surface area (Å²) in [5.41, 5.74) is 1.98. The molecule has 2 N–H and O–H groups in total. The zero-order valence-corrected chi connectivity index (χ0v) is 18.4. The van der Waals surface area contributed by atoms with Gasteiger partial charge in [-0.25, -0.2) is 9.98 Å². The highest BCUT2D eigenvalue weighted by atomic mass is 16.5. The van der Waals surface area contributed by atoms with Crippen LogP contribution in [0.4, 0.5) is 0 Å². The van der Waals surface area contributed by atoms with Crippen LogP contribution in [0.2, 0.25) is 0 Å². The monoisotopic (exact) mass is 416 g/mol. The Morgan fingerprint density at radius 3 is 2.23 bits per heavy atom. The lowest BCUT2D eigenvalue weighted by atomic mass is 10.2. The molecular formula is C22H32N4O4. The highest BCUT2D eigenvalue weighted by Gasteiger charge is 2.13. The summed E-state index contributed by atoms with van der Waals surface area (Å²) < 4.78 is 21.7. The van der Waals surface area contributed by atoms with Crippen LogP contribution in [0.5, 0.6) is 23.1 Å². The zero-order chi connectivity index (χ0) is 21.8. The first kappa shape index (κ1) is 23.1. The van der Waals surface area contributed by atoms with E-state index in [-0.39, 0.29) is 0 Å². The van der Waals surface area contributed by atoms with E-state index >= 15 is 0 Å². The van der Waals surface area contributed by atoms with E-state index in [4.69, 9.17) is 18.9 Å². The third-order valence-electron chi connectivity index (χ3n) is 4.20. The number of aromatic nitrogens is 1. The molecule has 30 heavy (non-hydrogen) atoms. The van der Waals surface area contributed by atoms with Crippen molar-refractivity contribution in [1.29, 1.82) is 0 Å². The van der Waals surface area contributed by atoms with Gasteiger partial charge in [0.1, 0.15) is 0 Å². The van der Waals surface area contributed by atoms with Crippen LogP contribution < -0.4 is 29.6 Å². The molecule has 0 atom stereocenters. The first-order valence-electron chi connectivity index (χ1n) is 10.0. The molecule has 0 aliphatic carbocycles. The Hall–Kier alpha value is -3.16. The molecular weight excluding hydrogens is 384 g/mol. The lowest BCUT2D eigenvalue weighted by Gasteiger charge is -2.14. The molecule has 2 rings (SSSR count). The second-order valence-corrected chi connectivity index (χ2v) is 6.44. The van der Waals surface area contributed by atoms with Crippen LogP contribution in [0.25, 0.3) is 0 Å². The molecule has 0 unspecified atom stereocenters. The fourth-order valence-corrected chi connectivity index (χ4v) is 2.73. The van der Waals surface area contributed by atoms with E-state index in [1.54, 1.807) is 27.5 Å².